The zero-order valence-electron chi connectivity index (χ0n) is 17.4. The molecule has 0 aliphatic heterocycles. The Balaban J connectivity index is -0.000000883. The Morgan fingerprint density at radius 2 is 0.793 bits per heavy atom. The molecule has 0 spiro atoms. The number of hydrogen-bond acceptors (Lipinski definition) is 2. The SMILES string of the molecule is CC(=Nc1c(C)cccc1C)C(C)=Nc1c(C)cccc1C.[C-]#[O+].[C-]#[O+].[C-]#[O+].[Fe]. The van der Waals surface area contributed by atoms with E-state index in [1.165, 1.54) is 22.3 Å². The van der Waals surface area contributed by atoms with Gasteiger partial charge in [0.25, 0.3) is 0 Å². The van der Waals surface area contributed by atoms with Crippen molar-refractivity contribution in [3.63, 3.8) is 0 Å². The Bertz CT molecular complexity index is 774. The van der Waals surface area contributed by atoms with Gasteiger partial charge in [-0.25, -0.2) is 0 Å². The van der Waals surface area contributed by atoms with E-state index in [-0.39, 0.29) is 17.1 Å². The van der Waals surface area contributed by atoms with Crippen LogP contribution in [-0.2, 0) is 31.0 Å². The molecular weight excluding hydrogens is 408 g/mol. The van der Waals surface area contributed by atoms with E-state index >= 15 is 0 Å². The molecule has 2 aromatic rings. The smallest absolute Gasteiger partial charge is 0 e. The van der Waals surface area contributed by atoms with Gasteiger partial charge in [0.2, 0.25) is 0 Å². The molecule has 6 heteroatoms. The Morgan fingerprint density at radius 1 is 0.586 bits per heavy atom. The zero-order valence-corrected chi connectivity index (χ0v) is 18.5. The molecule has 2 rings (SSSR count). The normalized spacial score (nSPS) is 9.79. The third-order valence-corrected chi connectivity index (χ3v) is 3.96. The molecule has 0 aromatic heterocycles. The van der Waals surface area contributed by atoms with Gasteiger partial charge in [-0.2, -0.15) is 0 Å². The third-order valence-electron chi connectivity index (χ3n) is 3.96. The zero-order chi connectivity index (χ0) is 22.3. The molecule has 0 aliphatic carbocycles. The fraction of sp³-hybridized carbons (Fsp3) is 0.261. The summed E-state index contributed by atoms with van der Waals surface area (Å²) in [7, 11) is 0. The van der Waals surface area contributed by atoms with Crippen molar-refractivity contribution in [2.75, 3.05) is 0 Å². The second-order valence-electron chi connectivity index (χ2n) is 5.88. The molecule has 0 aliphatic rings. The van der Waals surface area contributed by atoms with E-state index in [0.717, 1.165) is 22.8 Å². The summed E-state index contributed by atoms with van der Waals surface area (Å²) < 4.78 is 22.5. The molecule has 0 bridgehead atoms. The second kappa shape index (κ2) is 17.6. The van der Waals surface area contributed by atoms with Gasteiger partial charge in [0.05, 0.1) is 22.8 Å². The van der Waals surface area contributed by atoms with Crippen molar-refractivity contribution >= 4 is 22.8 Å². The molecule has 5 nitrogen and oxygen atoms in total. The topological polar surface area (TPSA) is 84.4 Å². The van der Waals surface area contributed by atoms with Crippen LogP contribution in [0.1, 0.15) is 36.1 Å². The van der Waals surface area contributed by atoms with Crippen LogP contribution in [0.2, 0.25) is 0 Å². The van der Waals surface area contributed by atoms with Gasteiger partial charge in [-0.05, 0) is 63.8 Å². The molecule has 0 saturated carbocycles. The number of para-hydroxylation sites is 2. The van der Waals surface area contributed by atoms with Crippen LogP contribution < -0.4 is 0 Å². The summed E-state index contributed by atoms with van der Waals surface area (Å²) in [5.41, 5.74) is 8.80. The fourth-order valence-corrected chi connectivity index (χ4v) is 2.46. The van der Waals surface area contributed by atoms with Gasteiger partial charge < -0.3 is 0 Å². The van der Waals surface area contributed by atoms with Gasteiger partial charge in [0, 0.05) is 17.1 Å². The predicted molar refractivity (Wildman–Crippen MR) is 109 cm³/mol. The monoisotopic (exact) mass is 432 g/mol. The van der Waals surface area contributed by atoms with Gasteiger partial charge in [-0.1, -0.05) is 36.4 Å². The van der Waals surface area contributed by atoms with E-state index in [4.69, 9.17) is 23.9 Å². The molecule has 0 radical (unpaired) electrons. The van der Waals surface area contributed by atoms with E-state index in [1.54, 1.807) is 0 Å². The molecule has 0 N–H and O–H groups in total. The molecule has 29 heavy (non-hydrogen) atoms. The number of rotatable bonds is 3. The molecule has 0 fully saturated rings. The van der Waals surface area contributed by atoms with Crippen LogP contribution in [0, 0.1) is 47.6 Å². The van der Waals surface area contributed by atoms with Crippen LogP contribution in [-0.4, -0.2) is 11.4 Å². The van der Waals surface area contributed by atoms with Gasteiger partial charge in [-0.15, -0.1) is 0 Å². The minimum Gasteiger partial charge on any atom is 0 e. The second-order valence-corrected chi connectivity index (χ2v) is 5.88. The quantitative estimate of drug-likeness (QED) is 0.258. The predicted octanol–water partition coefficient (Wildman–Crippen LogP) is 5.69. The Kier molecular flexibility index (Phi) is 19.0. The van der Waals surface area contributed by atoms with E-state index in [1.807, 2.05) is 13.8 Å². The molecule has 0 heterocycles. The van der Waals surface area contributed by atoms with Crippen LogP contribution in [0.3, 0.4) is 0 Å². The summed E-state index contributed by atoms with van der Waals surface area (Å²) in [6.45, 7) is 25.9. The fourth-order valence-electron chi connectivity index (χ4n) is 2.46. The number of aliphatic imine (C=N–C) groups is 2. The van der Waals surface area contributed by atoms with Crippen LogP contribution in [0.15, 0.2) is 46.4 Å². The van der Waals surface area contributed by atoms with E-state index in [0.29, 0.717) is 0 Å². The molecule has 0 amide bonds. The van der Waals surface area contributed by atoms with Crippen LogP contribution in [0.5, 0.6) is 0 Å². The number of hydrogen-bond donors (Lipinski definition) is 0. The maximum Gasteiger partial charge on any atom is 0 e. The largest absolute Gasteiger partial charge is 0 e. The minimum absolute atomic E-state index is 0. The van der Waals surface area contributed by atoms with Crippen molar-refractivity contribution in [3.05, 3.63) is 78.6 Å². The minimum atomic E-state index is 0. The molecular formula is C23H24FeN2O3. The standard InChI is InChI=1S/C20H24N2.3CO.Fe/c1-13-9-7-10-14(2)19(13)21-17(5)18(6)22-20-15(3)11-8-12-16(20)4;3*1-2;/h7-12H,1-6H3;;;;. The van der Waals surface area contributed by atoms with E-state index < -0.39 is 0 Å². The summed E-state index contributed by atoms with van der Waals surface area (Å²) in [6.07, 6.45) is 0. The van der Waals surface area contributed by atoms with Crippen molar-refractivity contribution in [2.45, 2.75) is 41.5 Å². The first-order chi connectivity index (χ1) is 13.4. The maximum atomic E-state index is 7.50. The van der Waals surface area contributed by atoms with E-state index in [9.17, 15) is 0 Å². The summed E-state index contributed by atoms with van der Waals surface area (Å²) in [6, 6.07) is 12.5. The molecule has 2 aromatic carbocycles. The summed E-state index contributed by atoms with van der Waals surface area (Å²) in [5, 5.41) is 0. The first-order valence-electron chi connectivity index (χ1n) is 8.24. The van der Waals surface area contributed by atoms with E-state index in [2.05, 4.69) is 84.0 Å². The van der Waals surface area contributed by atoms with Crippen molar-refractivity contribution in [2.24, 2.45) is 9.98 Å². The molecule has 152 valence electrons. The van der Waals surface area contributed by atoms with Gasteiger partial charge >= 0.3 is 33.9 Å². The van der Waals surface area contributed by atoms with Crippen molar-refractivity contribution < 1.29 is 31.0 Å². The van der Waals surface area contributed by atoms with Crippen molar-refractivity contribution in [1.29, 1.82) is 0 Å². The summed E-state index contributed by atoms with van der Waals surface area (Å²) in [4.78, 5) is 9.60. The Hall–Kier alpha value is -2.48. The molecule has 0 unspecified atom stereocenters. The average molecular weight is 432 g/mol. The first-order valence-corrected chi connectivity index (χ1v) is 8.24. The Labute approximate surface area is 184 Å². The summed E-state index contributed by atoms with van der Waals surface area (Å²) in [5.74, 6) is 0. The van der Waals surface area contributed by atoms with Crippen LogP contribution in [0.25, 0.3) is 0 Å². The van der Waals surface area contributed by atoms with Gasteiger partial charge in [-0.3, -0.25) is 9.98 Å². The maximum absolute atomic E-state index is 7.50. The Morgan fingerprint density at radius 3 is 1.00 bits per heavy atom. The van der Waals surface area contributed by atoms with Gasteiger partial charge in [0.15, 0.2) is 0 Å². The molecule has 0 saturated heterocycles. The average Bonchev–Trinajstić information content (AvgIpc) is 2.72. The number of aryl methyl sites for hydroxylation is 4. The van der Waals surface area contributed by atoms with Gasteiger partial charge in [0.1, 0.15) is 0 Å². The first kappa shape index (κ1) is 31.2. The third kappa shape index (κ3) is 10.0. The number of benzene rings is 2. The number of nitrogens with zero attached hydrogens (tertiary/aromatic N) is 2. The summed E-state index contributed by atoms with van der Waals surface area (Å²) >= 11 is 0. The van der Waals surface area contributed by atoms with Crippen molar-refractivity contribution in [3.8, 4) is 0 Å². The van der Waals surface area contributed by atoms with Crippen molar-refractivity contribution in [1.82, 2.24) is 0 Å². The van der Waals surface area contributed by atoms with Crippen LogP contribution in [0.4, 0.5) is 11.4 Å². The van der Waals surface area contributed by atoms with Crippen LogP contribution >= 0.6 is 0 Å². The molecule has 0 atom stereocenters.